The third-order valence-electron chi connectivity index (χ3n) is 2.23. The van der Waals surface area contributed by atoms with Gasteiger partial charge in [-0.3, -0.25) is 0 Å². The van der Waals surface area contributed by atoms with Crippen LogP contribution in [0.1, 0.15) is 11.1 Å². The number of fused-ring (bicyclic) bond motifs is 1. The summed E-state index contributed by atoms with van der Waals surface area (Å²) in [5, 5.41) is 12.1. The first-order valence-electron chi connectivity index (χ1n) is 4.21. The molecule has 2 nitrogen and oxygen atoms in total. The zero-order chi connectivity index (χ0) is 10.1. The summed E-state index contributed by atoms with van der Waals surface area (Å²) < 4.78 is 1.12. The quantitative estimate of drug-likeness (QED) is 0.612. The molecule has 2 rings (SSSR count). The van der Waals surface area contributed by atoms with Crippen molar-refractivity contribution in [2.45, 2.75) is 12.5 Å². The minimum atomic E-state index is 0.0552. The van der Waals surface area contributed by atoms with Gasteiger partial charge in [-0.25, -0.2) is 0 Å². The van der Waals surface area contributed by atoms with E-state index in [1.165, 1.54) is 0 Å². The monoisotopic (exact) mass is 227 g/mol. The van der Waals surface area contributed by atoms with Gasteiger partial charge in [0.25, 0.3) is 0 Å². The molecule has 1 aromatic carbocycles. The van der Waals surface area contributed by atoms with Gasteiger partial charge in [-0.05, 0) is 28.6 Å². The number of benzene rings is 1. The summed E-state index contributed by atoms with van der Waals surface area (Å²) in [4.78, 5) is 0. The van der Waals surface area contributed by atoms with Crippen LogP contribution in [0.4, 0.5) is 5.69 Å². The number of hydrogen-bond acceptors (Lipinski definition) is 3. The molecule has 0 fully saturated rings. The Kier molecular flexibility index (Phi) is 2.63. The maximum Gasteiger partial charge on any atom is 0.0696 e. The molecule has 0 amide bonds. The molecule has 1 aromatic heterocycles. The Hall–Kier alpha value is -0.770. The van der Waals surface area contributed by atoms with Crippen LogP contribution in [0, 0.1) is 0 Å². The number of rotatable bonds is 2. The van der Waals surface area contributed by atoms with Gasteiger partial charge >= 0.3 is 0 Å². The second kappa shape index (κ2) is 3.77. The number of halogens is 1. The van der Waals surface area contributed by atoms with Crippen molar-refractivity contribution >= 4 is 38.7 Å². The molecule has 0 spiro atoms. The third-order valence-corrected chi connectivity index (χ3v) is 3.51. The van der Waals surface area contributed by atoms with E-state index in [1.807, 2.05) is 17.5 Å². The number of nitrogen functional groups attached to an aromatic ring is 1. The van der Waals surface area contributed by atoms with E-state index in [0.29, 0.717) is 11.6 Å². The number of aliphatic hydroxyl groups is 1. The van der Waals surface area contributed by atoms with Crippen molar-refractivity contribution in [2.75, 3.05) is 5.73 Å². The highest BCUT2D eigenvalue weighted by Gasteiger charge is 2.06. The molecule has 0 atom stereocenters. The van der Waals surface area contributed by atoms with Crippen molar-refractivity contribution < 1.29 is 5.11 Å². The Balaban J connectivity index is 2.69. The summed E-state index contributed by atoms with van der Waals surface area (Å²) in [6.07, 6.45) is 0. The van der Waals surface area contributed by atoms with Gasteiger partial charge in [0.1, 0.15) is 0 Å². The Morgan fingerprint density at radius 1 is 1.36 bits per heavy atom. The van der Waals surface area contributed by atoms with Crippen LogP contribution >= 0.6 is 22.9 Å². The van der Waals surface area contributed by atoms with Crippen LogP contribution in [0.5, 0.6) is 0 Å². The van der Waals surface area contributed by atoms with Gasteiger partial charge in [0.15, 0.2) is 0 Å². The van der Waals surface area contributed by atoms with Crippen LogP contribution in [0.15, 0.2) is 17.5 Å². The van der Waals surface area contributed by atoms with Gasteiger partial charge in [-0.15, -0.1) is 22.9 Å². The van der Waals surface area contributed by atoms with Crippen LogP contribution in [-0.2, 0) is 12.5 Å². The zero-order valence-electron chi connectivity index (χ0n) is 7.46. The van der Waals surface area contributed by atoms with Crippen molar-refractivity contribution in [3.8, 4) is 0 Å². The van der Waals surface area contributed by atoms with E-state index in [1.54, 1.807) is 11.3 Å². The van der Waals surface area contributed by atoms with E-state index in [0.717, 1.165) is 21.2 Å². The molecule has 3 N–H and O–H groups in total. The lowest BCUT2D eigenvalue weighted by Crippen LogP contribution is -1.91. The first-order valence-corrected chi connectivity index (χ1v) is 5.63. The highest BCUT2D eigenvalue weighted by molar-refractivity contribution is 7.17. The molecule has 0 saturated carbocycles. The first-order chi connectivity index (χ1) is 6.76. The van der Waals surface area contributed by atoms with E-state index in [2.05, 4.69) is 0 Å². The molecule has 4 heteroatoms. The number of alkyl halides is 1. The van der Waals surface area contributed by atoms with Crippen LogP contribution < -0.4 is 5.73 Å². The Labute approximate surface area is 90.9 Å². The van der Waals surface area contributed by atoms with E-state index < -0.39 is 0 Å². The largest absolute Gasteiger partial charge is 0.398 e. The fourth-order valence-corrected chi connectivity index (χ4v) is 2.65. The van der Waals surface area contributed by atoms with E-state index in [4.69, 9.17) is 22.4 Å². The number of aliphatic hydroxyl groups excluding tert-OH is 1. The Bertz CT molecular complexity index is 466. The van der Waals surface area contributed by atoms with E-state index >= 15 is 0 Å². The molecule has 0 unspecified atom stereocenters. The molecule has 0 aliphatic rings. The molecular formula is C10H10ClNOS. The summed E-state index contributed by atoms with van der Waals surface area (Å²) in [5.74, 6) is 0.425. The SMILES string of the molecule is Nc1cc2c(CO)csc2cc1CCl. The summed E-state index contributed by atoms with van der Waals surface area (Å²) in [5.41, 5.74) is 8.39. The lowest BCUT2D eigenvalue weighted by molar-refractivity contribution is 0.284. The highest BCUT2D eigenvalue weighted by atomic mass is 35.5. The zero-order valence-corrected chi connectivity index (χ0v) is 9.03. The standard InChI is InChI=1S/C10H10ClNOS/c11-3-6-1-10-8(2-9(6)12)7(4-13)5-14-10/h1-2,5,13H,3-4,12H2. The van der Waals surface area contributed by atoms with E-state index in [-0.39, 0.29) is 6.61 Å². The minimum absolute atomic E-state index is 0.0552. The van der Waals surface area contributed by atoms with Gasteiger partial charge in [0.2, 0.25) is 0 Å². The molecule has 0 bridgehead atoms. The number of hydrogen-bond donors (Lipinski definition) is 2. The molecule has 1 heterocycles. The summed E-state index contributed by atoms with van der Waals surface area (Å²) in [6, 6.07) is 3.87. The van der Waals surface area contributed by atoms with Gasteiger partial charge in [-0.2, -0.15) is 0 Å². The predicted molar refractivity (Wildman–Crippen MR) is 61.7 cm³/mol. The molecular weight excluding hydrogens is 218 g/mol. The van der Waals surface area contributed by atoms with Crippen LogP contribution in [0.2, 0.25) is 0 Å². The third kappa shape index (κ3) is 1.47. The van der Waals surface area contributed by atoms with Gasteiger partial charge in [0, 0.05) is 21.7 Å². The average Bonchev–Trinajstić information content (AvgIpc) is 2.58. The predicted octanol–water partition coefficient (Wildman–Crippen LogP) is 2.71. The van der Waals surface area contributed by atoms with Crippen LogP contribution in [0.3, 0.4) is 0 Å². The minimum Gasteiger partial charge on any atom is -0.398 e. The van der Waals surface area contributed by atoms with Gasteiger partial charge < -0.3 is 10.8 Å². The number of nitrogens with two attached hydrogens (primary N) is 1. The molecule has 74 valence electrons. The lowest BCUT2D eigenvalue weighted by Gasteiger charge is -2.02. The maximum atomic E-state index is 9.08. The topological polar surface area (TPSA) is 46.2 Å². The van der Waals surface area contributed by atoms with Gasteiger partial charge in [0.05, 0.1) is 6.61 Å². The smallest absolute Gasteiger partial charge is 0.0696 e. The first kappa shape index (κ1) is 9.77. The molecule has 14 heavy (non-hydrogen) atoms. The summed E-state index contributed by atoms with van der Waals surface area (Å²) in [7, 11) is 0. The Morgan fingerprint density at radius 3 is 2.79 bits per heavy atom. The van der Waals surface area contributed by atoms with Crippen molar-refractivity contribution in [3.05, 3.63) is 28.6 Å². The van der Waals surface area contributed by atoms with Crippen molar-refractivity contribution in [3.63, 3.8) is 0 Å². The average molecular weight is 228 g/mol. The fraction of sp³-hybridized carbons (Fsp3) is 0.200. The van der Waals surface area contributed by atoms with Crippen molar-refractivity contribution in [1.29, 1.82) is 0 Å². The Morgan fingerprint density at radius 2 is 2.14 bits per heavy atom. The van der Waals surface area contributed by atoms with Gasteiger partial charge in [-0.1, -0.05) is 0 Å². The van der Waals surface area contributed by atoms with Crippen LogP contribution in [0.25, 0.3) is 10.1 Å². The number of anilines is 1. The fourth-order valence-electron chi connectivity index (χ4n) is 1.42. The highest BCUT2D eigenvalue weighted by Crippen LogP contribution is 2.30. The second-order valence-electron chi connectivity index (χ2n) is 3.10. The molecule has 0 aliphatic heterocycles. The molecule has 0 saturated heterocycles. The van der Waals surface area contributed by atoms with E-state index in [9.17, 15) is 0 Å². The van der Waals surface area contributed by atoms with Crippen molar-refractivity contribution in [1.82, 2.24) is 0 Å². The van der Waals surface area contributed by atoms with Crippen molar-refractivity contribution in [2.24, 2.45) is 0 Å². The number of thiophene rings is 1. The maximum absolute atomic E-state index is 9.08. The molecule has 0 aliphatic carbocycles. The summed E-state index contributed by atoms with van der Waals surface area (Å²) >= 11 is 7.35. The summed E-state index contributed by atoms with van der Waals surface area (Å²) in [6.45, 7) is 0.0552. The molecule has 0 radical (unpaired) electrons. The molecule has 2 aromatic rings. The normalized spacial score (nSPS) is 11.0. The second-order valence-corrected chi connectivity index (χ2v) is 4.28. The lowest BCUT2D eigenvalue weighted by atomic mass is 10.1. The van der Waals surface area contributed by atoms with Crippen LogP contribution in [-0.4, -0.2) is 5.11 Å².